The summed E-state index contributed by atoms with van der Waals surface area (Å²) in [6.45, 7) is 10.2. The van der Waals surface area contributed by atoms with E-state index in [1.807, 2.05) is 13.8 Å². The van der Waals surface area contributed by atoms with Gasteiger partial charge in [0.25, 0.3) is 0 Å². The van der Waals surface area contributed by atoms with Crippen LogP contribution in [0.2, 0.25) is 0 Å². The first-order chi connectivity index (χ1) is 5.34. The Morgan fingerprint density at radius 2 is 2.09 bits per heavy atom. The van der Waals surface area contributed by atoms with Crippen molar-refractivity contribution in [3.8, 4) is 0 Å². The third-order valence-corrected chi connectivity index (χ3v) is 2.30. The minimum Gasteiger partial charge on any atom is -0.0996 e. The lowest BCUT2D eigenvalue weighted by atomic mass is 9.77. The first-order valence-electron chi connectivity index (χ1n) is 5.02. The molecule has 0 aliphatic heterocycles. The second-order valence-electron chi connectivity index (χ2n) is 3.04. The Morgan fingerprint density at radius 1 is 1.45 bits per heavy atom. The van der Waals surface area contributed by atoms with Crippen LogP contribution in [0.1, 0.15) is 52.9 Å². The van der Waals surface area contributed by atoms with E-state index in [0.717, 1.165) is 5.92 Å². The van der Waals surface area contributed by atoms with Crippen molar-refractivity contribution in [1.29, 1.82) is 0 Å². The third kappa shape index (κ3) is 3.60. The van der Waals surface area contributed by atoms with Gasteiger partial charge in [0.2, 0.25) is 0 Å². The molecule has 0 unspecified atom stereocenters. The highest BCUT2D eigenvalue weighted by Crippen LogP contribution is 2.35. The molecule has 0 aromatic rings. The van der Waals surface area contributed by atoms with Gasteiger partial charge in [0.1, 0.15) is 0 Å². The fourth-order valence-electron chi connectivity index (χ4n) is 1.35. The van der Waals surface area contributed by atoms with Crippen molar-refractivity contribution in [3.63, 3.8) is 0 Å². The maximum atomic E-state index is 3.99. The molecule has 0 amide bonds. The number of unbranched alkanes of at least 4 members (excludes halogenated alkanes) is 1. The van der Waals surface area contributed by atoms with Crippen molar-refractivity contribution in [1.82, 2.24) is 0 Å². The van der Waals surface area contributed by atoms with E-state index in [2.05, 4.69) is 13.5 Å². The van der Waals surface area contributed by atoms with Gasteiger partial charge in [-0.05, 0) is 25.2 Å². The zero-order valence-electron chi connectivity index (χ0n) is 8.32. The molecule has 0 aromatic carbocycles. The van der Waals surface area contributed by atoms with Crippen molar-refractivity contribution in [2.24, 2.45) is 5.92 Å². The molecular formula is C11H22. The van der Waals surface area contributed by atoms with Crippen LogP contribution in [0.4, 0.5) is 0 Å². The molecule has 0 heterocycles. The summed E-state index contributed by atoms with van der Waals surface area (Å²) in [4.78, 5) is 0. The molecule has 1 aliphatic carbocycles. The minimum absolute atomic E-state index is 0.907. The summed E-state index contributed by atoms with van der Waals surface area (Å²) in [6.07, 6.45) is 6.84. The Morgan fingerprint density at radius 3 is 2.36 bits per heavy atom. The largest absolute Gasteiger partial charge is 0.0996 e. The minimum atomic E-state index is 0.907. The van der Waals surface area contributed by atoms with E-state index in [9.17, 15) is 0 Å². The van der Waals surface area contributed by atoms with Crippen LogP contribution in [-0.2, 0) is 0 Å². The van der Waals surface area contributed by atoms with Gasteiger partial charge in [0.05, 0.1) is 0 Å². The molecule has 0 heteroatoms. The Bertz CT molecular complexity index is 103. The van der Waals surface area contributed by atoms with E-state index >= 15 is 0 Å². The van der Waals surface area contributed by atoms with E-state index in [1.54, 1.807) is 0 Å². The number of allylic oxidation sites excluding steroid dienone is 1. The molecule has 0 aromatic heterocycles. The molecule has 11 heavy (non-hydrogen) atoms. The van der Waals surface area contributed by atoms with Crippen molar-refractivity contribution < 1.29 is 0 Å². The van der Waals surface area contributed by atoms with E-state index < -0.39 is 0 Å². The summed E-state index contributed by atoms with van der Waals surface area (Å²) in [7, 11) is 0. The highest BCUT2D eigenvalue weighted by molar-refractivity contribution is 5.09. The van der Waals surface area contributed by atoms with Gasteiger partial charge in [-0.2, -0.15) is 0 Å². The van der Waals surface area contributed by atoms with Crippen LogP contribution >= 0.6 is 0 Å². The quantitative estimate of drug-likeness (QED) is 0.535. The maximum Gasteiger partial charge on any atom is -0.0203 e. The molecule has 1 fully saturated rings. The lowest BCUT2D eigenvalue weighted by molar-refractivity contribution is 0.403. The number of rotatable bonds is 3. The van der Waals surface area contributed by atoms with E-state index in [-0.39, 0.29) is 0 Å². The van der Waals surface area contributed by atoms with Crippen LogP contribution in [0.25, 0.3) is 0 Å². The third-order valence-electron chi connectivity index (χ3n) is 2.30. The monoisotopic (exact) mass is 154 g/mol. The molecule has 0 spiro atoms. The first-order valence-corrected chi connectivity index (χ1v) is 5.02. The Balaban J connectivity index is 0.000000461. The molecule has 0 bridgehead atoms. The summed E-state index contributed by atoms with van der Waals surface area (Å²) in [5, 5.41) is 0. The lowest BCUT2D eigenvalue weighted by Crippen LogP contribution is -2.13. The van der Waals surface area contributed by atoms with Gasteiger partial charge >= 0.3 is 0 Å². The maximum absolute atomic E-state index is 3.99. The highest BCUT2D eigenvalue weighted by atomic mass is 14.3. The zero-order chi connectivity index (χ0) is 8.69. The van der Waals surface area contributed by atoms with Crippen molar-refractivity contribution in [2.45, 2.75) is 52.9 Å². The topological polar surface area (TPSA) is 0 Å². The SMILES string of the molecule is C=C1CC[C@@H]1CCCC.CC. The second-order valence-corrected chi connectivity index (χ2v) is 3.04. The molecule has 1 atom stereocenters. The van der Waals surface area contributed by atoms with Crippen molar-refractivity contribution >= 4 is 0 Å². The van der Waals surface area contributed by atoms with Gasteiger partial charge in [0, 0.05) is 0 Å². The summed E-state index contributed by atoms with van der Waals surface area (Å²) in [6, 6.07) is 0. The number of hydrogen-bond acceptors (Lipinski definition) is 0. The molecule has 66 valence electrons. The fraction of sp³-hybridized carbons (Fsp3) is 0.818. The Hall–Kier alpha value is -0.260. The smallest absolute Gasteiger partial charge is 0.0203 e. The average Bonchev–Trinajstić information content (AvgIpc) is 2.06. The summed E-state index contributed by atoms with van der Waals surface area (Å²) < 4.78 is 0. The Labute approximate surface area is 71.7 Å². The molecule has 1 aliphatic rings. The molecule has 0 nitrogen and oxygen atoms in total. The molecule has 0 radical (unpaired) electrons. The summed E-state index contributed by atoms with van der Waals surface area (Å²) in [5.41, 5.74) is 1.50. The molecular weight excluding hydrogens is 132 g/mol. The predicted octanol–water partition coefficient (Wildman–Crippen LogP) is 4.17. The highest BCUT2D eigenvalue weighted by Gasteiger charge is 2.20. The normalized spacial score (nSPS) is 21.7. The van der Waals surface area contributed by atoms with E-state index in [0.29, 0.717) is 0 Å². The van der Waals surface area contributed by atoms with Gasteiger partial charge in [-0.15, -0.1) is 0 Å². The average molecular weight is 154 g/mol. The van der Waals surface area contributed by atoms with Crippen LogP contribution < -0.4 is 0 Å². The lowest BCUT2D eigenvalue weighted by Gasteiger charge is -2.28. The van der Waals surface area contributed by atoms with Gasteiger partial charge in [-0.25, -0.2) is 0 Å². The number of hydrogen-bond donors (Lipinski definition) is 0. The van der Waals surface area contributed by atoms with Crippen LogP contribution in [0.3, 0.4) is 0 Å². The fourth-order valence-corrected chi connectivity index (χ4v) is 1.35. The molecule has 1 rings (SSSR count). The second kappa shape index (κ2) is 6.45. The van der Waals surface area contributed by atoms with Crippen LogP contribution in [0, 0.1) is 5.92 Å². The first kappa shape index (κ1) is 10.7. The van der Waals surface area contributed by atoms with Crippen LogP contribution in [0.5, 0.6) is 0 Å². The van der Waals surface area contributed by atoms with Crippen molar-refractivity contribution in [3.05, 3.63) is 12.2 Å². The van der Waals surface area contributed by atoms with E-state index in [4.69, 9.17) is 0 Å². The van der Waals surface area contributed by atoms with Crippen LogP contribution in [-0.4, -0.2) is 0 Å². The standard InChI is InChI=1S/C9H16.C2H6/c1-3-4-5-9-7-6-8(9)2;1-2/h9H,2-7H2,1H3;1-2H3/t9-;/m0./s1. The predicted molar refractivity (Wildman–Crippen MR) is 52.7 cm³/mol. The van der Waals surface area contributed by atoms with Crippen LogP contribution in [0.15, 0.2) is 12.2 Å². The summed E-state index contributed by atoms with van der Waals surface area (Å²) in [5.74, 6) is 0.907. The van der Waals surface area contributed by atoms with E-state index in [1.165, 1.54) is 37.7 Å². The Kier molecular flexibility index (Phi) is 6.30. The van der Waals surface area contributed by atoms with Gasteiger partial charge < -0.3 is 0 Å². The summed E-state index contributed by atoms with van der Waals surface area (Å²) >= 11 is 0. The molecule has 0 saturated heterocycles. The van der Waals surface area contributed by atoms with Gasteiger partial charge in [-0.3, -0.25) is 0 Å². The zero-order valence-corrected chi connectivity index (χ0v) is 8.32. The van der Waals surface area contributed by atoms with Gasteiger partial charge in [0.15, 0.2) is 0 Å². The molecule has 0 N–H and O–H groups in total. The molecule has 1 saturated carbocycles. The van der Waals surface area contributed by atoms with Gasteiger partial charge in [-0.1, -0.05) is 45.8 Å². The van der Waals surface area contributed by atoms with Crippen molar-refractivity contribution in [2.75, 3.05) is 0 Å².